The second kappa shape index (κ2) is 14.2. The highest BCUT2D eigenvalue weighted by Crippen LogP contribution is 2.39. The molecular formula is C36H40BrClN6O3. The van der Waals surface area contributed by atoms with Gasteiger partial charge in [0.2, 0.25) is 5.91 Å². The fourth-order valence-electron chi connectivity index (χ4n) is 6.51. The molecule has 9 nitrogen and oxygen atoms in total. The van der Waals surface area contributed by atoms with Crippen molar-refractivity contribution in [2.75, 3.05) is 26.2 Å². The first-order valence-electron chi connectivity index (χ1n) is 16.0. The minimum absolute atomic E-state index is 0.126. The van der Waals surface area contributed by atoms with Gasteiger partial charge < -0.3 is 14.2 Å². The SMILES string of the molecule is CC(C)(C)OC(=O)N1CCN(C2c3ccc(Cl)cc3CCc3cc(Br)cnc32)C[C@@H]1C(=O)N(CCn1ccnc1)Cc1ccccc1. The van der Waals surface area contributed by atoms with E-state index in [-0.39, 0.29) is 11.9 Å². The predicted octanol–water partition coefficient (Wildman–Crippen LogP) is 6.53. The molecule has 3 heterocycles. The average molecular weight is 720 g/mol. The molecular weight excluding hydrogens is 680 g/mol. The van der Waals surface area contributed by atoms with Crippen LogP contribution in [0.4, 0.5) is 4.79 Å². The van der Waals surface area contributed by atoms with Gasteiger partial charge in [0.25, 0.3) is 0 Å². The number of amides is 2. The van der Waals surface area contributed by atoms with Crippen molar-refractivity contribution in [3.8, 4) is 0 Å². The van der Waals surface area contributed by atoms with Crippen molar-refractivity contribution in [3.05, 3.63) is 117 Å². The van der Waals surface area contributed by atoms with Crippen molar-refractivity contribution in [2.45, 2.75) is 64.4 Å². The molecule has 1 saturated heterocycles. The summed E-state index contributed by atoms with van der Waals surface area (Å²) in [6, 6.07) is 17.2. The lowest BCUT2D eigenvalue weighted by molar-refractivity contribution is -0.140. The average Bonchev–Trinajstić information content (AvgIpc) is 3.51. The van der Waals surface area contributed by atoms with E-state index in [4.69, 9.17) is 21.3 Å². The standard InChI is InChI=1S/C36H40BrClN6O3/c1-36(2,3)47-35(46)44-18-17-42(33-30-12-11-29(38)20-26(30)9-10-27-19-28(37)21-40-32(27)33)23-31(44)34(45)43(16-15-41-14-13-39-24-41)22-25-7-5-4-6-8-25/h4-8,11-14,19-21,24,31,33H,9-10,15-18,22-23H2,1-3H3/t31-,33?/m1/s1. The number of aryl methyl sites for hydroxylation is 2. The number of aromatic nitrogens is 3. The number of benzene rings is 2. The number of carbonyl (C=O) groups is 2. The lowest BCUT2D eigenvalue weighted by Gasteiger charge is -2.45. The van der Waals surface area contributed by atoms with Crippen molar-refractivity contribution < 1.29 is 14.3 Å². The van der Waals surface area contributed by atoms with Gasteiger partial charge in [0.05, 0.1) is 18.1 Å². The molecule has 1 aliphatic carbocycles. The zero-order chi connectivity index (χ0) is 33.1. The van der Waals surface area contributed by atoms with E-state index >= 15 is 0 Å². The fraction of sp³-hybridized carbons (Fsp3) is 0.389. The zero-order valence-electron chi connectivity index (χ0n) is 27.0. The molecule has 6 rings (SSSR count). The number of nitrogens with zero attached hydrogens (tertiary/aromatic N) is 6. The van der Waals surface area contributed by atoms with E-state index in [9.17, 15) is 9.59 Å². The Labute approximate surface area is 289 Å². The number of piperazine rings is 1. The number of pyridine rings is 1. The monoisotopic (exact) mass is 718 g/mol. The van der Waals surface area contributed by atoms with E-state index in [1.54, 1.807) is 17.4 Å². The molecule has 47 heavy (non-hydrogen) atoms. The van der Waals surface area contributed by atoms with Crippen molar-refractivity contribution in [1.82, 2.24) is 29.2 Å². The van der Waals surface area contributed by atoms with Crippen molar-refractivity contribution in [3.63, 3.8) is 0 Å². The highest BCUT2D eigenvalue weighted by Gasteiger charge is 2.43. The Balaban J connectivity index is 1.38. The number of fused-ring (bicyclic) bond motifs is 2. The summed E-state index contributed by atoms with van der Waals surface area (Å²) in [7, 11) is 0. The number of hydrogen-bond donors (Lipinski definition) is 0. The van der Waals surface area contributed by atoms with Gasteiger partial charge >= 0.3 is 6.09 Å². The Morgan fingerprint density at radius 2 is 1.85 bits per heavy atom. The number of halogens is 2. The summed E-state index contributed by atoms with van der Waals surface area (Å²) in [4.78, 5) is 43.4. The third-order valence-electron chi connectivity index (χ3n) is 8.70. The lowest BCUT2D eigenvalue weighted by atomic mass is 9.95. The molecule has 2 aromatic carbocycles. The van der Waals surface area contributed by atoms with Gasteiger partial charge in [0.1, 0.15) is 11.6 Å². The molecule has 11 heteroatoms. The molecule has 1 aliphatic heterocycles. The summed E-state index contributed by atoms with van der Waals surface area (Å²) >= 11 is 10.1. The molecule has 246 valence electrons. The maximum absolute atomic E-state index is 14.8. The topological polar surface area (TPSA) is 83.8 Å². The summed E-state index contributed by atoms with van der Waals surface area (Å²) in [5.74, 6) is -0.126. The number of imidazole rings is 1. The van der Waals surface area contributed by atoms with Crippen molar-refractivity contribution >= 4 is 39.5 Å². The van der Waals surface area contributed by atoms with Crippen molar-refractivity contribution in [2.24, 2.45) is 0 Å². The summed E-state index contributed by atoms with van der Waals surface area (Å²) in [6.07, 6.45) is 8.37. The number of ether oxygens (including phenoxy) is 1. The highest BCUT2D eigenvalue weighted by atomic mass is 79.9. The minimum atomic E-state index is -0.775. The van der Waals surface area contributed by atoms with Crippen LogP contribution >= 0.6 is 27.5 Å². The van der Waals surface area contributed by atoms with E-state index in [1.165, 1.54) is 5.56 Å². The number of hydrogen-bond acceptors (Lipinski definition) is 6. The maximum Gasteiger partial charge on any atom is 0.411 e. The third-order valence-corrected chi connectivity index (χ3v) is 9.36. The molecule has 0 bridgehead atoms. The maximum atomic E-state index is 14.8. The van der Waals surface area contributed by atoms with E-state index in [0.717, 1.165) is 39.7 Å². The molecule has 1 unspecified atom stereocenters. The highest BCUT2D eigenvalue weighted by molar-refractivity contribution is 9.10. The van der Waals surface area contributed by atoms with Gasteiger partial charge in [0, 0.05) is 67.4 Å². The van der Waals surface area contributed by atoms with Gasteiger partial charge in [-0.25, -0.2) is 9.78 Å². The van der Waals surface area contributed by atoms with Gasteiger partial charge in [-0.1, -0.05) is 48.0 Å². The molecule has 0 saturated carbocycles. The molecule has 2 aromatic heterocycles. The molecule has 2 atom stereocenters. The molecule has 0 spiro atoms. The van der Waals surface area contributed by atoms with E-state index in [2.05, 4.69) is 37.9 Å². The van der Waals surface area contributed by atoms with Crippen LogP contribution in [0, 0.1) is 0 Å². The molecule has 1 fully saturated rings. The summed E-state index contributed by atoms with van der Waals surface area (Å²) < 4.78 is 8.75. The van der Waals surface area contributed by atoms with Crippen molar-refractivity contribution in [1.29, 1.82) is 0 Å². The van der Waals surface area contributed by atoms with Crippen LogP contribution in [0.1, 0.15) is 54.8 Å². The first kappa shape index (κ1) is 33.2. The predicted molar refractivity (Wildman–Crippen MR) is 185 cm³/mol. The minimum Gasteiger partial charge on any atom is -0.444 e. The Morgan fingerprint density at radius 1 is 1.06 bits per heavy atom. The van der Waals surface area contributed by atoms with Crippen LogP contribution in [0.25, 0.3) is 0 Å². The molecule has 2 amide bonds. The Hall–Kier alpha value is -3.73. The Bertz CT molecular complexity index is 1660. The second-order valence-electron chi connectivity index (χ2n) is 13.2. The molecule has 0 radical (unpaired) electrons. The number of rotatable bonds is 7. The first-order chi connectivity index (χ1) is 22.6. The Kier molecular flexibility index (Phi) is 10.0. The summed E-state index contributed by atoms with van der Waals surface area (Å²) in [6.45, 7) is 8.17. The van der Waals surface area contributed by atoms with E-state index < -0.39 is 17.7 Å². The van der Waals surface area contributed by atoms with Crippen LogP contribution in [0.5, 0.6) is 0 Å². The fourth-order valence-corrected chi connectivity index (χ4v) is 7.08. The zero-order valence-corrected chi connectivity index (χ0v) is 29.3. The Morgan fingerprint density at radius 3 is 2.60 bits per heavy atom. The summed E-state index contributed by atoms with van der Waals surface area (Å²) in [5.41, 5.74) is 4.72. The summed E-state index contributed by atoms with van der Waals surface area (Å²) in [5, 5.41) is 0.694. The van der Waals surface area contributed by atoms with E-state index in [0.29, 0.717) is 44.3 Å². The largest absolute Gasteiger partial charge is 0.444 e. The first-order valence-corrected chi connectivity index (χ1v) is 17.2. The quantitative estimate of drug-likeness (QED) is 0.216. The number of carbonyl (C=O) groups excluding carboxylic acids is 2. The lowest BCUT2D eigenvalue weighted by Crippen LogP contribution is -2.62. The van der Waals surface area contributed by atoms with Gasteiger partial charge in [-0.2, -0.15) is 0 Å². The van der Waals surface area contributed by atoms with Crippen LogP contribution < -0.4 is 0 Å². The second-order valence-corrected chi connectivity index (χ2v) is 14.5. The molecule has 4 aromatic rings. The van der Waals surface area contributed by atoms with Crippen LogP contribution in [0.2, 0.25) is 5.02 Å². The van der Waals surface area contributed by atoms with Crippen LogP contribution in [0.15, 0.2) is 84.0 Å². The normalized spacial score (nSPS) is 18.2. The van der Waals surface area contributed by atoms with Gasteiger partial charge in [-0.15, -0.1) is 0 Å². The van der Waals surface area contributed by atoms with Crippen LogP contribution in [0.3, 0.4) is 0 Å². The smallest absolute Gasteiger partial charge is 0.411 e. The third kappa shape index (κ3) is 7.88. The molecule has 2 aliphatic rings. The van der Waals surface area contributed by atoms with Crippen LogP contribution in [-0.4, -0.2) is 79.1 Å². The van der Waals surface area contributed by atoms with Crippen LogP contribution in [-0.2, 0) is 35.5 Å². The van der Waals surface area contributed by atoms with Gasteiger partial charge in [-0.3, -0.25) is 19.6 Å². The van der Waals surface area contributed by atoms with Gasteiger partial charge in [-0.05, 0) is 90.0 Å². The van der Waals surface area contributed by atoms with E-state index in [1.807, 2.05) is 85.1 Å². The van der Waals surface area contributed by atoms with Gasteiger partial charge in [0.15, 0.2) is 0 Å². The molecule has 0 N–H and O–H groups in total.